The lowest BCUT2D eigenvalue weighted by Crippen LogP contribution is -2.05. The number of ether oxygens (including phenoxy) is 1. The number of rotatable bonds is 0. The molecule has 80 valence electrons. The minimum absolute atomic E-state index is 0.971. The van der Waals surface area contributed by atoms with Crippen LogP contribution in [-0.2, 0) is 6.42 Å². The van der Waals surface area contributed by atoms with Crippen LogP contribution in [0.3, 0.4) is 0 Å². The molecule has 2 aromatic carbocycles. The highest BCUT2D eigenvalue weighted by Crippen LogP contribution is 2.41. The van der Waals surface area contributed by atoms with E-state index in [1.165, 1.54) is 18.3 Å². The zero-order chi connectivity index (χ0) is 11.1. The summed E-state index contributed by atoms with van der Waals surface area (Å²) >= 11 is 4.65. The van der Waals surface area contributed by atoms with Gasteiger partial charge in [0.15, 0.2) is 0 Å². The van der Waals surface area contributed by atoms with Gasteiger partial charge in [-0.1, -0.05) is 24.3 Å². The molecular formula is C13H8I2O. The number of para-hydroxylation sites is 2. The molecule has 0 saturated carbocycles. The molecular weight excluding hydrogens is 426 g/mol. The highest BCUT2D eigenvalue weighted by Gasteiger charge is 2.20. The van der Waals surface area contributed by atoms with E-state index >= 15 is 0 Å². The SMILES string of the molecule is Ic1cccc2c1Oc1c(I)cccc1C2. The Bertz CT molecular complexity index is 514. The van der Waals surface area contributed by atoms with Crippen LogP contribution >= 0.6 is 45.2 Å². The predicted molar refractivity (Wildman–Crippen MR) is 81.2 cm³/mol. The summed E-state index contributed by atoms with van der Waals surface area (Å²) in [5.41, 5.74) is 2.56. The molecule has 0 radical (unpaired) electrons. The van der Waals surface area contributed by atoms with Gasteiger partial charge in [0.1, 0.15) is 11.5 Å². The molecule has 1 heterocycles. The molecule has 0 fully saturated rings. The molecule has 0 spiro atoms. The van der Waals surface area contributed by atoms with Gasteiger partial charge in [0.2, 0.25) is 0 Å². The van der Waals surface area contributed by atoms with Crippen LogP contribution in [0, 0.1) is 7.14 Å². The summed E-state index contributed by atoms with van der Waals surface area (Å²) in [5.74, 6) is 2.06. The van der Waals surface area contributed by atoms with E-state index < -0.39 is 0 Å². The smallest absolute Gasteiger partial charge is 0.144 e. The van der Waals surface area contributed by atoms with Gasteiger partial charge in [-0.2, -0.15) is 0 Å². The van der Waals surface area contributed by atoms with Crippen molar-refractivity contribution in [1.29, 1.82) is 0 Å². The fraction of sp³-hybridized carbons (Fsp3) is 0.0769. The van der Waals surface area contributed by atoms with Gasteiger partial charge in [-0.3, -0.25) is 0 Å². The third kappa shape index (κ3) is 1.73. The van der Waals surface area contributed by atoms with Crippen LogP contribution < -0.4 is 4.74 Å². The van der Waals surface area contributed by atoms with Gasteiger partial charge < -0.3 is 4.74 Å². The molecule has 1 aliphatic heterocycles. The van der Waals surface area contributed by atoms with Crippen molar-refractivity contribution >= 4 is 45.2 Å². The largest absolute Gasteiger partial charge is 0.455 e. The quantitative estimate of drug-likeness (QED) is 0.471. The van der Waals surface area contributed by atoms with Crippen molar-refractivity contribution in [2.24, 2.45) is 0 Å². The lowest BCUT2D eigenvalue weighted by molar-refractivity contribution is 0.453. The van der Waals surface area contributed by atoms with Crippen molar-refractivity contribution in [3.63, 3.8) is 0 Å². The molecule has 0 aliphatic carbocycles. The summed E-state index contributed by atoms with van der Waals surface area (Å²) in [6.07, 6.45) is 0.971. The average molecular weight is 434 g/mol. The Labute approximate surface area is 121 Å². The van der Waals surface area contributed by atoms with Crippen molar-refractivity contribution in [2.45, 2.75) is 6.42 Å². The maximum atomic E-state index is 6.02. The van der Waals surface area contributed by atoms with Crippen LogP contribution in [-0.4, -0.2) is 0 Å². The Morgan fingerprint density at radius 2 is 1.31 bits per heavy atom. The highest BCUT2D eigenvalue weighted by molar-refractivity contribution is 14.1. The number of hydrogen-bond donors (Lipinski definition) is 0. The Morgan fingerprint density at radius 1 is 0.812 bits per heavy atom. The van der Waals surface area contributed by atoms with Crippen molar-refractivity contribution < 1.29 is 4.74 Å². The summed E-state index contributed by atoms with van der Waals surface area (Å²) in [6.45, 7) is 0. The first kappa shape index (κ1) is 10.8. The molecule has 1 aliphatic rings. The third-order valence-corrected chi connectivity index (χ3v) is 4.38. The maximum absolute atomic E-state index is 6.02. The van der Waals surface area contributed by atoms with Gasteiger partial charge in [0.05, 0.1) is 7.14 Å². The standard InChI is InChI=1S/C13H8I2O/c14-10-5-1-3-8-7-9-4-2-6-11(15)13(9)16-12(8)10/h1-6H,7H2. The number of halogens is 2. The molecule has 0 aromatic heterocycles. The predicted octanol–water partition coefficient (Wildman–Crippen LogP) is 4.59. The van der Waals surface area contributed by atoms with E-state index in [1.807, 2.05) is 0 Å². The summed E-state index contributed by atoms with van der Waals surface area (Å²) < 4.78 is 8.39. The van der Waals surface area contributed by atoms with E-state index in [4.69, 9.17) is 4.74 Å². The number of hydrogen-bond acceptors (Lipinski definition) is 1. The van der Waals surface area contributed by atoms with Gasteiger partial charge in [-0.15, -0.1) is 0 Å². The fourth-order valence-corrected chi connectivity index (χ4v) is 3.25. The summed E-state index contributed by atoms with van der Waals surface area (Å²) in [6, 6.07) is 12.6. The van der Waals surface area contributed by atoms with Crippen molar-refractivity contribution in [1.82, 2.24) is 0 Å². The molecule has 0 saturated heterocycles. The molecule has 0 atom stereocenters. The molecule has 0 amide bonds. The molecule has 3 heteroatoms. The van der Waals surface area contributed by atoms with Gasteiger partial charge in [-0.05, 0) is 57.3 Å². The van der Waals surface area contributed by atoms with E-state index in [9.17, 15) is 0 Å². The second-order valence-corrected chi connectivity index (χ2v) is 6.06. The number of fused-ring (bicyclic) bond motifs is 2. The van der Waals surface area contributed by atoms with E-state index in [0.29, 0.717) is 0 Å². The molecule has 2 aromatic rings. The second kappa shape index (κ2) is 4.18. The Hall–Kier alpha value is -0.300. The molecule has 0 N–H and O–H groups in total. The zero-order valence-corrected chi connectivity index (χ0v) is 12.7. The molecule has 0 unspecified atom stereocenters. The Kier molecular flexibility index (Phi) is 2.83. The van der Waals surface area contributed by atoms with E-state index in [-0.39, 0.29) is 0 Å². The zero-order valence-electron chi connectivity index (χ0n) is 8.34. The topological polar surface area (TPSA) is 9.23 Å². The molecule has 3 rings (SSSR count). The monoisotopic (exact) mass is 434 g/mol. The van der Waals surface area contributed by atoms with Crippen molar-refractivity contribution in [3.05, 3.63) is 54.7 Å². The first-order valence-corrected chi connectivity index (χ1v) is 7.14. The van der Waals surface area contributed by atoms with Crippen LogP contribution in [0.5, 0.6) is 11.5 Å². The summed E-state index contributed by atoms with van der Waals surface area (Å²) in [4.78, 5) is 0. The van der Waals surface area contributed by atoms with Gasteiger partial charge in [0.25, 0.3) is 0 Å². The van der Waals surface area contributed by atoms with Gasteiger partial charge in [0, 0.05) is 17.5 Å². The lowest BCUT2D eigenvalue weighted by atomic mass is 10.0. The maximum Gasteiger partial charge on any atom is 0.144 e. The van der Waals surface area contributed by atoms with Gasteiger partial charge in [-0.25, -0.2) is 0 Å². The molecule has 0 bridgehead atoms. The minimum Gasteiger partial charge on any atom is -0.455 e. The Morgan fingerprint density at radius 3 is 1.81 bits per heavy atom. The van der Waals surface area contributed by atoms with Gasteiger partial charge >= 0.3 is 0 Å². The molecule has 16 heavy (non-hydrogen) atoms. The van der Waals surface area contributed by atoms with Crippen molar-refractivity contribution in [2.75, 3.05) is 0 Å². The van der Waals surface area contributed by atoms with Crippen LogP contribution in [0.25, 0.3) is 0 Å². The fourth-order valence-electron chi connectivity index (χ4n) is 1.92. The summed E-state index contributed by atoms with van der Waals surface area (Å²) in [5, 5.41) is 0. The highest BCUT2D eigenvalue weighted by atomic mass is 127. The minimum atomic E-state index is 0.971. The van der Waals surface area contributed by atoms with E-state index in [1.54, 1.807) is 0 Å². The van der Waals surface area contributed by atoms with E-state index in [2.05, 4.69) is 81.6 Å². The Balaban J connectivity index is 2.17. The normalized spacial score (nSPS) is 12.6. The first-order chi connectivity index (χ1) is 7.75. The van der Waals surface area contributed by atoms with Crippen molar-refractivity contribution in [3.8, 4) is 11.5 Å². The molecule has 1 nitrogen and oxygen atoms in total. The van der Waals surface area contributed by atoms with E-state index in [0.717, 1.165) is 17.9 Å². The number of benzene rings is 2. The van der Waals surface area contributed by atoms with Crippen LogP contribution in [0.2, 0.25) is 0 Å². The second-order valence-electron chi connectivity index (χ2n) is 3.74. The van der Waals surface area contributed by atoms with Crippen LogP contribution in [0.15, 0.2) is 36.4 Å². The first-order valence-electron chi connectivity index (χ1n) is 4.98. The lowest BCUT2D eigenvalue weighted by Gasteiger charge is -2.22. The summed E-state index contributed by atoms with van der Waals surface area (Å²) in [7, 11) is 0. The third-order valence-electron chi connectivity index (χ3n) is 2.68. The van der Waals surface area contributed by atoms with Crippen LogP contribution in [0.4, 0.5) is 0 Å². The average Bonchev–Trinajstić information content (AvgIpc) is 2.28. The van der Waals surface area contributed by atoms with Crippen LogP contribution in [0.1, 0.15) is 11.1 Å².